The van der Waals surface area contributed by atoms with Crippen molar-refractivity contribution < 1.29 is 0 Å². The van der Waals surface area contributed by atoms with E-state index in [9.17, 15) is 0 Å². The Balaban J connectivity index is 2.28. The van der Waals surface area contributed by atoms with Gasteiger partial charge in [-0.1, -0.05) is 18.2 Å². The number of benzene rings is 1. The topological polar surface area (TPSA) is 26.0 Å². The summed E-state index contributed by atoms with van der Waals surface area (Å²) in [4.78, 5) is 0. The second-order valence-corrected chi connectivity index (χ2v) is 4.56. The van der Waals surface area contributed by atoms with Crippen molar-refractivity contribution in [1.82, 2.24) is 0 Å². The highest BCUT2D eigenvalue weighted by molar-refractivity contribution is 5.36. The van der Waals surface area contributed by atoms with Crippen LogP contribution < -0.4 is 5.73 Å². The fourth-order valence-corrected chi connectivity index (χ4v) is 2.51. The molecule has 0 amide bonds. The summed E-state index contributed by atoms with van der Waals surface area (Å²) in [5, 5.41) is 0. The van der Waals surface area contributed by atoms with Gasteiger partial charge in [-0.25, -0.2) is 0 Å². The van der Waals surface area contributed by atoms with Gasteiger partial charge in [0.25, 0.3) is 0 Å². The van der Waals surface area contributed by atoms with E-state index in [-0.39, 0.29) is 0 Å². The van der Waals surface area contributed by atoms with Crippen molar-refractivity contribution in [1.29, 1.82) is 0 Å². The molecule has 1 nitrogen and oxygen atoms in total. The summed E-state index contributed by atoms with van der Waals surface area (Å²) in [6.07, 6.45) is 3.63. The summed E-state index contributed by atoms with van der Waals surface area (Å²) < 4.78 is 0. The van der Waals surface area contributed by atoms with Crippen molar-refractivity contribution in [3.63, 3.8) is 0 Å². The van der Waals surface area contributed by atoms with Crippen LogP contribution in [0.15, 0.2) is 18.2 Å². The predicted molar refractivity (Wildman–Crippen MR) is 60.5 cm³/mol. The Kier molecular flexibility index (Phi) is 2.60. The Bertz CT molecular complexity index is 330. The second kappa shape index (κ2) is 3.74. The molecule has 0 aliphatic heterocycles. The zero-order valence-electron chi connectivity index (χ0n) is 9.09. The highest BCUT2D eigenvalue weighted by Gasteiger charge is 2.24. The van der Waals surface area contributed by atoms with E-state index in [4.69, 9.17) is 5.73 Å². The molecule has 1 aliphatic carbocycles. The van der Waals surface area contributed by atoms with Gasteiger partial charge in [0, 0.05) is 6.04 Å². The van der Waals surface area contributed by atoms with Gasteiger partial charge in [-0.3, -0.25) is 0 Å². The first-order chi connectivity index (χ1) is 6.68. The molecule has 14 heavy (non-hydrogen) atoms. The summed E-state index contributed by atoms with van der Waals surface area (Å²) in [5.74, 6) is 0.713. The fourth-order valence-electron chi connectivity index (χ4n) is 2.51. The average molecular weight is 189 g/mol. The molecule has 76 valence electrons. The third kappa shape index (κ3) is 1.69. The summed E-state index contributed by atoms with van der Waals surface area (Å²) in [6, 6.07) is 7.06. The summed E-state index contributed by atoms with van der Waals surface area (Å²) in [6.45, 7) is 4.42. The van der Waals surface area contributed by atoms with E-state index >= 15 is 0 Å². The van der Waals surface area contributed by atoms with Gasteiger partial charge in [-0.05, 0) is 55.7 Å². The van der Waals surface area contributed by atoms with Gasteiger partial charge < -0.3 is 5.73 Å². The summed E-state index contributed by atoms with van der Waals surface area (Å²) in [5.41, 5.74) is 10.3. The lowest BCUT2D eigenvalue weighted by atomic mass is 9.91. The van der Waals surface area contributed by atoms with Crippen LogP contribution in [0.4, 0.5) is 0 Å². The van der Waals surface area contributed by atoms with Crippen LogP contribution >= 0.6 is 0 Å². The van der Waals surface area contributed by atoms with Crippen molar-refractivity contribution >= 4 is 0 Å². The zero-order chi connectivity index (χ0) is 10.1. The molecular weight excluding hydrogens is 170 g/mol. The highest BCUT2D eigenvalue weighted by atomic mass is 14.6. The van der Waals surface area contributed by atoms with Crippen molar-refractivity contribution in [3.8, 4) is 0 Å². The number of hydrogen-bond donors (Lipinski definition) is 1. The van der Waals surface area contributed by atoms with Crippen molar-refractivity contribution in [2.45, 2.75) is 45.1 Å². The molecule has 2 N–H and O–H groups in total. The molecule has 0 heterocycles. The number of nitrogens with two attached hydrogens (primary N) is 1. The molecule has 0 aromatic heterocycles. The van der Waals surface area contributed by atoms with Crippen LogP contribution in [0.1, 0.15) is 41.9 Å². The van der Waals surface area contributed by atoms with Gasteiger partial charge in [0.05, 0.1) is 0 Å². The minimum absolute atomic E-state index is 0.430. The largest absolute Gasteiger partial charge is 0.328 e. The first-order valence-corrected chi connectivity index (χ1v) is 5.50. The van der Waals surface area contributed by atoms with Gasteiger partial charge in [0.2, 0.25) is 0 Å². The molecule has 2 unspecified atom stereocenters. The first kappa shape index (κ1) is 9.72. The lowest BCUT2D eigenvalue weighted by molar-refractivity contribution is 0.672. The molecule has 0 radical (unpaired) electrons. The normalized spacial score (nSPS) is 26.8. The van der Waals surface area contributed by atoms with Crippen LogP contribution in [0.25, 0.3) is 0 Å². The van der Waals surface area contributed by atoms with Gasteiger partial charge in [-0.2, -0.15) is 0 Å². The van der Waals surface area contributed by atoms with Crippen LogP contribution in [0, 0.1) is 13.8 Å². The van der Waals surface area contributed by atoms with Gasteiger partial charge in [-0.15, -0.1) is 0 Å². The Morgan fingerprint density at radius 3 is 2.64 bits per heavy atom. The van der Waals surface area contributed by atoms with Crippen LogP contribution in [-0.4, -0.2) is 6.04 Å². The third-order valence-electron chi connectivity index (χ3n) is 3.56. The molecule has 1 fully saturated rings. The average Bonchev–Trinajstić information content (AvgIpc) is 2.57. The lowest BCUT2D eigenvalue weighted by Gasteiger charge is -2.14. The minimum atomic E-state index is 0.430. The Labute approximate surface area is 86.3 Å². The maximum atomic E-state index is 5.95. The van der Waals surface area contributed by atoms with Crippen LogP contribution in [0.3, 0.4) is 0 Å². The molecule has 0 bridgehead atoms. The number of aryl methyl sites for hydroxylation is 1. The standard InChI is InChI=1S/C13H19N/c1-9-4-3-5-13(10(9)2)11-6-7-12(14)8-11/h3-5,11-12H,6-8,14H2,1-2H3. The van der Waals surface area contributed by atoms with Gasteiger partial charge >= 0.3 is 0 Å². The van der Waals surface area contributed by atoms with E-state index in [1.165, 1.54) is 36.0 Å². The first-order valence-electron chi connectivity index (χ1n) is 5.50. The van der Waals surface area contributed by atoms with Crippen LogP contribution in [0.2, 0.25) is 0 Å². The van der Waals surface area contributed by atoms with E-state index in [0.717, 1.165) is 0 Å². The Morgan fingerprint density at radius 2 is 2.00 bits per heavy atom. The third-order valence-corrected chi connectivity index (χ3v) is 3.56. The van der Waals surface area contributed by atoms with E-state index < -0.39 is 0 Å². The smallest absolute Gasteiger partial charge is 0.00448 e. The van der Waals surface area contributed by atoms with E-state index in [1.54, 1.807) is 0 Å². The molecule has 0 spiro atoms. The van der Waals surface area contributed by atoms with Crippen molar-refractivity contribution in [3.05, 3.63) is 34.9 Å². The van der Waals surface area contributed by atoms with Crippen LogP contribution in [-0.2, 0) is 0 Å². The zero-order valence-corrected chi connectivity index (χ0v) is 9.09. The van der Waals surface area contributed by atoms with Crippen molar-refractivity contribution in [2.24, 2.45) is 5.73 Å². The molecule has 1 aromatic rings. The minimum Gasteiger partial charge on any atom is -0.328 e. The Hall–Kier alpha value is -0.820. The van der Waals surface area contributed by atoms with E-state index in [0.29, 0.717) is 12.0 Å². The molecule has 1 heteroatoms. The molecule has 1 aliphatic rings. The quantitative estimate of drug-likeness (QED) is 0.722. The Morgan fingerprint density at radius 1 is 1.21 bits per heavy atom. The predicted octanol–water partition coefficient (Wildman–Crippen LogP) is 2.90. The highest BCUT2D eigenvalue weighted by Crippen LogP contribution is 2.35. The van der Waals surface area contributed by atoms with Gasteiger partial charge in [0.1, 0.15) is 0 Å². The molecule has 2 rings (SSSR count). The van der Waals surface area contributed by atoms with E-state index in [1.807, 2.05) is 0 Å². The van der Waals surface area contributed by atoms with Gasteiger partial charge in [0.15, 0.2) is 0 Å². The molecule has 1 saturated carbocycles. The van der Waals surface area contributed by atoms with Crippen LogP contribution in [0.5, 0.6) is 0 Å². The van der Waals surface area contributed by atoms with E-state index in [2.05, 4.69) is 32.0 Å². The summed E-state index contributed by atoms with van der Waals surface area (Å²) >= 11 is 0. The lowest BCUT2D eigenvalue weighted by Crippen LogP contribution is -2.14. The summed E-state index contributed by atoms with van der Waals surface area (Å²) in [7, 11) is 0. The molecule has 1 aromatic carbocycles. The fraction of sp³-hybridized carbons (Fsp3) is 0.538. The maximum absolute atomic E-state index is 5.95. The second-order valence-electron chi connectivity index (χ2n) is 4.56. The monoisotopic (exact) mass is 189 g/mol. The SMILES string of the molecule is Cc1cccc(C2CCC(N)C2)c1C. The number of hydrogen-bond acceptors (Lipinski definition) is 1. The molecule has 2 atom stereocenters. The molecule has 0 saturated heterocycles. The number of rotatable bonds is 1. The molecular formula is C13H19N. The van der Waals surface area contributed by atoms with Crippen molar-refractivity contribution in [2.75, 3.05) is 0 Å². The maximum Gasteiger partial charge on any atom is 0.00448 e.